The quantitative estimate of drug-likeness (QED) is 0.792. The summed E-state index contributed by atoms with van der Waals surface area (Å²) < 4.78 is 0. The number of rotatable bonds is 2. The highest BCUT2D eigenvalue weighted by molar-refractivity contribution is 5.52. The monoisotopic (exact) mass is 215 g/mol. The molecular formula is C11H13N5. The fourth-order valence-corrected chi connectivity index (χ4v) is 1.97. The van der Waals surface area contributed by atoms with Gasteiger partial charge in [0.15, 0.2) is 5.82 Å². The zero-order valence-corrected chi connectivity index (χ0v) is 8.85. The van der Waals surface area contributed by atoms with Crippen molar-refractivity contribution in [2.75, 3.05) is 6.54 Å². The largest absolute Gasteiger partial charge is 0.307 e. The Morgan fingerprint density at radius 3 is 3.12 bits per heavy atom. The van der Waals surface area contributed by atoms with Gasteiger partial charge in [0.1, 0.15) is 5.82 Å². The van der Waals surface area contributed by atoms with Crippen LogP contribution in [0.25, 0.3) is 11.4 Å². The van der Waals surface area contributed by atoms with Crippen LogP contribution in [0.5, 0.6) is 0 Å². The molecule has 1 fully saturated rings. The van der Waals surface area contributed by atoms with Crippen molar-refractivity contribution < 1.29 is 0 Å². The Morgan fingerprint density at radius 2 is 2.38 bits per heavy atom. The Kier molecular flexibility index (Phi) is 2.38. The highest BCUT2D eigenvalue weighted by Crippen LogP contribution is 2.21. The van der Waals surface area contributed by atoms with Crippen LogP contribution in [0, 0.1) is 0 Å². The number of pyridine rings is 1. The number of aromatic amines is 1. The first-order valence-corrected chi connectivity index (χ1v) is 5.49. The molecular weight excluding hydrogens is 202 g/mol. The van der Waals surface area contributed by atoms with Gasteiger partial charge in [-0.1, -0.05) is 0 Å². The summed E-state index contributed by atoms with van der Waals surface area (Å²) in [7, 11) is 0. The molecule has 3 heterocycles. The molecule has 5 heteroatoms. The summed E-state index contributed by atoms with van der Waals surface area (Å²) in [5, 5.41) is 10.6. The van der Waals surface area contributed by atoms with Crippen molar-refractivity contribution in [3.63, 3.8) is 0 Å². The van der Waals surface area contributed by atoms with Crippen LogP contribution in [-0.2, 0) is 0 Å². The fraction of sp³-hybridized carbons (Fsp3) is 0.364. The van der Waals surface area contributed by atoms with Gasteiger partial charge in [0.05, 0.1) is 6.04 Å². The summed E-state index contributed by atoms with van der Waals surface area (Å²) in [6.45, 7) is 1.06. The average Bonchev–Trinajstić information content (AvgIpc) is 3.01. The highest BCUT2D eigenvalue weighted by Gasteiger charge is 2.19. The SMILES string of the molecule is c1cncc(-c2n[nH]c([C@@H]3CCCN3)n2)c1. The van der Waals surface area contributed by atoms with Gasteiger partial charge in [-0.3, -0.25) is 10.1 Å². The third-order valence-electron chi connectivity index (χ3n) is 2.81. The molecule has 0 aliphatic carbocycles. The van der Waals surface area contributed by atoms with E-state index in [9.17, 15) is 0 Å². The maximum absolute atomic E-state index is 4.49. The Hall–Kier alpha value is -1.75. The molecule has 5 nitrogen and oxygen atoms in total. The molecule has 1 saturated heterocycles. The zero-order valence-electron chi connectivity index (χ0n) is 8.85. The first-order chi connectivity index (χ1) is 7.93. The molecule has 16 heavy (non-hydrogen) atoms. The standard InChI is InChI=1S/C11H13N5/c1-3-8(7-12-5-1)10-14-11(16-15-10)9-4-2-6-13-9/h1,3,5,7,9,13H,2,4,6H2,(H,14,15,16)/t9-/m0/s1. The fourth-order valence-electron chi connectivity index (χ4n) is 1.97. The Balaban J connectivity index is 1.87. The lowest BCUT2D eigenvalue weighted by molar-refractivity contribution is 0.608. The second-order valence-corrected chi connectivity index (χ2v) is 3.93. The molecule has 2 N–H and O–H groups in total. The molecule has 0 spiro atoms. The molecule has 82 valence electrons. The molecule has 2 aromatic rings. The van der Waals surface area contributed by atoms with Crippen molar-refractivity contribution in [2.24, 2.45) is 0 Å². The van der Waals surface area contributed by atoms with Crippen LogP contribution in [0.15, 0.2) is 24.5 Å². The third kappa shape index (κ3) is 1.69. The molecule has 2 aromatic heterocycles. The molecule has 1 atom stereocenters. The van der Waals surface area contributed by atoms with E-state index in [1.54, 1.807) is 12.4 Å². The van der Waals surface area contributed by atoms with Crippen LogP contribution in [0.1, 0.15) is 24.7 Å². The van der Waals surface area contributed by atoms with Gasteiger partial charge in [0, 0.05) is 18.0 Å². The number of hydrogen-bond donors (Lipinski definition) is 2. The average molecular weight is 215 g/mol. The number of aromatic nitrogens is 4. The van der Waals surface area contributed by atoms with Crippen LogP contribution in [0.4, 0.5) is 0 Å². The Morgan fingerprint density at radius 1 is 1.38 bits per heavy atom. The number of nitrogens with one attached hydrogen (secondary N) is 2. The predicted molar refractivity (Wildman–Crippen MR) is 59.6 cm³/mol. The summed E-state index contributed by atoms with van der Waals surface area (Å²) >= 11 is 0. The molecule has 1 aliphatic heterocycles. The molecule has 0 saturated carbocycles. The van der Waals surface area contributed by atoms with E-state index in [0.29, 0.717) is 6.04 Å². The van der Waals surface area contributed by atoms with Gasteiger partial charge in [-0.05, 0) is 31.5 Å². The van der Waals surface area contributed by atoms with Crippen molar-refractivity contribution in [3.8, 4) is 11.4 Å². The van der Waals surface area contributed by atoms with Gasteiger partial charge in [-0.2, -0.15) is 5.10 Å². The van der Waals surface area contributed by atoms with Crippen molar-refractivity contribution in [1.29, 1.82) is 0 Å². The van der Waals surface area contributed by atoms with E-state index in [0.717, 1.165) is 30.2 Å². The van der Waals surface area contributed by atoms with Crippen molar-refractivity contribution in [1.82, 2.24) is 25.5 Å². The molecule has 1 aliphatic rings. The maximum Gasteiger partial charge on any atom is 0.182 e. The molecule has 0 amide bonds. The van der Waals surface area contributed by atoms with E-state index in [1.165, 1.54) is 6.42 Å². The summed E-state index contributed by atoms with van der Waals surface area (Å²) in [6, 6.07) is 4.18. The van der Waals surface area contributed by atoms with Crippen molar-refractivity contribution >= 4 is 0 Å². The summed E-state index contributed by atoms with van der Waals surface area (Å²) in [4.78, 5) is 8.55. The van der Waals surface area contributed by atoms with Crippen LogP contribution in [0.3, 0.4) is 0 Å². The van der Waals surface area contributed by atoms with Crippen molar-refractivity contribution in [2.45, 2.75) is 18.9 Å². The molecule has 0 aromatic carbocycles. The Labute approximate surface area is 93.3 Å². The normalized spacial score (nSPS) is 20.1. The van der Waals surface area contributed by atoms with E-state index >= 15 is 0 Å². The summed E-state index contributed by atoms with van der Waals surface area (Å²) in [6.07, 6.45) is 5.85. The predicted octanol–water partition coefficient (Wildman–Crippen LogP) is 1.29. The minimum atomic E-state index is 0.331. The molecule has 3 rings (SSSR count). The Bertz CT molecular complexity index is 458. The van der Waals surface area contributed by atoms with Gasteiger partial charge < -0.3 is 5.32 Å². The van der Waals surface area contributed by atoms with E-state index in [4.69, 9.17) is 0 Å². The second-order valence-electron chi connectivity index (χ2n) is 3.93. The third-order valence-corrected chi connectivity index (χ3v) is 2.81. The molecule has 0 unspecified atom stereocenters. The summed E-state index contributed by atoms with van der Waals surface area (Å²) in [5.41, 5.74) is 0.947. The minimum absolute atomic E-state index is 0.331. The van der Waals surface area contributed by atoms with Crippen LogP contribution < -0.4 is 5.32 Å². The van der Waals surface area contributed by atoms with Crippen LogP contribution >= 0.6 is 0 Å². The summed E-state index contributed by atoms with van der Waals surface area (Å²) in [5.74, 6) is 1.65. The smallest absolute Gasteiger partial charge is 0.182 e. The molecule has 0 radical (unpaired) electrons. The zero-order chi connectivity index (χ0) is 10.8. The number of nitrogens with zero attached hydrogens (tertiary/aromatic N) is 3. The highest BCUT2D eigenvalue weighted by atomic mass is 15.2. The topological polar surface area (TPSA) is 66.5 Å². The van der Waals surface area contributed by atoms with E-state index in [2.05, 4.69) is 25.5 Å². The van der Waals surface area contributed by atoms with Crippen molar-refractivity contribution in [3.05, 3.63) is 30.4 Å². The van der Waals surface area contributed by atoms with Gasteiger partial charge in [-0.25, -0.2) is 4.98 Å². The maximum atomic E-state index is 4.49. The number of H-pyrrole nitrogens is 1. The lowest BCUT2D eigenvalue weighted by Crippen LogP contribution is -2.14. The van der Waals surface area contributed by atoms with E-state index in [1.807, 2.05) is 12.1 Å². The first kappa shape index (κ1) is 9.47. The van der Waals surface area contributed by atoms with E-state index < -0.39 is 0 Å². The van der Waals surface area contributed by atoms with E-state index in [-0.39, 0.29) is 0 Å². The minimum Gasteiger partial charge on any atom is -0.307 e. The van der Waals surface area contributed by atoms with Crippen LogP contribution in [0.2, 0.25) is 0 Å². The lowest BCUT2D eigenvalue weighted by atomic mass is 10.2. The van der Waals surface area contributed by atoms with Gasteiger partial charge in [0.25, 0.3) is 0 Å². The van der Waals surface area contributed by atoms with Crippen LogP contribution in [-0.4, -0.2) is 26.7 Å². The number of hydrogen-bond acceptors (Lipinski definition) is 4. The molecule has 0 bridgehead atoms. The van der Waals surface area contributed by atoms with Gasteiger partial charge in [0.2, 0.25) is 0 Å². The van der Waals surface area contributed by atoms with Gasteiger partial charge in [-0.15, -0.1) is 0 Å². The second kappa shape index (κ2) is 4.02. The first-order valence-electron chi connectivity index (χ1n) is 5.49. The van der Waals surface area contributed by atoms with Gasteiger partial charge >= 0.3 is 0 Å². The lowest BCUT2D eigenvalue weighted by Gasteiger charge is -2.03.